The molecular weight excluding hydrogens is 388 g/mol. The van der Waals surface area contributed by atoms with Crippen LogP contribution in [0.5, 0.6) is 0 Å². The molecule has 2 aliphatic rings. The van der Waals surface area contributed by atoms with E-state index in [1.165, 1.54) is 16.7 Å². The Morgan fingerprint density at radius 3 is 2.55 bits per heavy atom. The molecule has 148 valence electrons. The van der Waals surface area contributed by atoms with E-state index in [1.54, 1.807) is 25.3 Å². The largest absolute Gasteiger partial charge is 0.366 e. The molecule has 0 unspecified atom stereocenters. The summed E-state index contributed by atoms with van der Waals surface area (Å²) < 4.78 is 0. The van der Waals surface area contributed by atoms with E-state index in [9.17, 15) is 14.9 Å². The van der Waals surface area contributed by atoms with Crippen molar-refractivity contribution in [3.8, 4) is 0 Å². The molecule has 2 aromatic rings. The quantitative estimate of drug-likeness (QED) is 0.425. The summed E-state index contributed by atoms with van der Waals surface area (Å²) in [7, 11) is 1.68. The molecule has 2 heterocycles. The fourth-order valence-corrected chi connectivity index (χ4v) is 4.40. The number of nitro benzene ring substituents is 1. The number of nitro groups is 1. The molecule has 4 rings (SSSR count). The van der Waals surface area contributed by atoms with Crippen LogP contribution in [0.15, 0.2) is 58.4 Å². The van der Waals surface area contributed by atoms with Crippen molar-refractivity contribution in [3.05, 3.63) is 69.1 Å². The Morgan fingerprint density at radius 1 is 1.14 bits per heavy atom. The fraction of sp³-hybridized carbons (Fsp3) is 0.238. The van der Waals surface area contributed by atoms with Gasteiger partial charge in [-0.15, -0.1) is 0 Å². The Balaban J connectivity index is 1.63. The Bertz CT molecular complexity index is 1010. The number of amides is 1. The molecule has 0 aromatic heterocycles. The van der Waals surface area contributed by atoms with E-state index in [1.807, 2.05) is 41.3 Å². The normalized spacial score (nSPS) is 19.6. The van der Waals surface area contributed by atoms with Gasteiger partial charge < -0.3 is 4.90 Å². The molecule has 0 saturated carbocycles. The van der Waals surface area contributed by atoms with E-state index in [4.69, 9.17) is 0 Å². The summed E-state index contributed by atoms with van der Waals surface area (Å²) in [4.78, 5) is 32.4. The molecule has 8 heteroatoms. The highest BCUT2D eigenvalue weighted by molar-refractivity contribution is 8.18. The molecule has 0 aliphatic carbocycles. The zero-order valence-electron chi connectivity index (χ0n) is 15.9. The van der Waals surface area contributed by atoms with E-state index in [-0.39, 0.29) is 16.5 Å². The maximum absolute atomic E-state index is 12.6. The maximum atomic E-state index is 12.6. The molecule has 0 N–H and O–H groups in total. The first-order chi connectivity index (χ1) is 14.0. The van der Waals surface area contributed by atoms with Crippen LogP contribution in [0.3, 0.4) is 0 Å². The standard InChI is InChI=1S/C21H20N4O3S/c1-23-20(26)19(29-21(23)22-16-7-3-2-4-8-16)14-15-9-10-17(18(13-15)25(27)28)24-11-5-6-12-24/h2-4,7-10,13-14H,5-6,11-12H2,1H3/b19-14+,22-21?. The lowest BCUT2D eigenvalue weighted by atomic mass is 10.1. The average molecular weight is 408 g/mol. The lowest BCUT2D eigenvalue weighted by Crippen LogP contribution is -2.23. The van der Waals surface area contributed by atoms with Gasteiger partial charge in [0.1, 0.15) is 5.69 Å². The van der Waals surface area contributed by atoms with Crippen molar-refractivity contribution >= 4 is 46.0 Å². The summed E-state index contributed by atoms with van der Waals surface area (Å²) in [5.41, 5.74) is 2.11. The number of hydrogen-bond acceptors (Lipinski definition) is 6. The van der Waals surface area contributed by atoms with Crippen LogP contribution in [0.1, 0.15) is 18.4 Å². The fourth-order valence-electron chi connectivity index (χ4n) is 3.42. The first-order valence-corrected chi connectivity index (χ1v) is 10.2. The third-order valence-corrected chi connectivity index (χ3v) is 5.99. The second-order valence-corrected chi connectivity index (χ2v) is 7.91. The van der Waals surface area contributed by atoms with Crippen molar-refractivity contribution in [1.82, 2.24) is 4.90 Å². The second kappa shape index (κ2) is 8.08. The lowest BCUT2D eigenvalue weighted by molar-refractivity contribution is -0.384. The van der Waals surface area contributed by atoms with Gasteiger partial charge in [0.15, 0.2) is 5.17 Å². The molecule has 2 fully saturated rings. The third-order valence-electron chi connectivity index (χ3n) is 4.93. The number of thioether (sulfide) groups is 1. The van der Waals surface area contributed by atoms with Crippen LogP contribution >= 0.6 is 11.8 Å². The number of nitrogens with zero attached hydrogens (tertiary/aromatic N) is 4. The second-order valence-electron chi connectivity index (χ2n) is 6.90. The number of para-hydroxylation sites is 1. The van der Waals surface area contributed by atoms with Crippen LogP contribution < -0.4 is 4.90 Å². The van der Waals surface area contributed by atoms with Gasteiger partial charge in [-0.1, -0.05) is 24.3 Å². The Hall–Kier alpha value is -3.13. The van der Waals surface area contributed by atoms with Crippen LogP contribution in [0.4, 0.5) is 17.1 Å². The lowest BCUT2D eigenvalue weighted by Gasteiger charge is -2.17. The van der Waals surface area contributed by atoms with Crippen molar-refractivity contribution in [2.45, 2.75) is 12.8 Å². The molecule has 2 saturated heterocycles. The number of aliphatic imine (C=N–C) groups is 1. The van der Waals surface area contributed by atoms with Crippen molar-refractivity contribution in [2.75, 3.05) is 25.0 Å². The van der Waals surface area contributed by atoms with Gasteiger partial charge in [0.2, 0.25) is 0 Å². The van der Waals surface area contributed by atoms with Gasteiger partial charge in [0.05, 0.1) is 15.5 Å². The van der Waals surface area contributed by atoms with Crippen molar-refractivity contribution in [1.29, 1.82) is 0 Å². The van der Waals surface area contributed by atoms with E-state index in [2.05, 4.69) is 4.99 Å². The first kappa shape index (κ1) is 19.2. The molecule has 0 radical (unpaired) electrons. The van der Waals surface area contributed by atoms with Gasteiger partial charge in [-0.2, -0.15) is 0 Å². The SMILES string of the molecule is CN1C(=O)/C(=C\c2ccc(N3CCCC3)c([N+](=O)[O-])c2)SC1=Nc1ccccc1. The minimum atomic E-state index is -0.353. The smallest absolute Gasteiger partial charge is 0.293 e. The zero-order chi connectivity index (χ0) is 20.4. The van der Waals surface area contributed by atoms with Crippen molar-refractivity contribution in [3.63, 3.8) is 0 Å². The summed E-state index contributed by atoms with van der Waals surface area (Å²) in [6, 6.07) is 14.6. The maximum Gasteiger partial charge on any atom is 0.293 e. The summed E-state index contributed by atoms with van der Waals surface area (Å²) in [6.45, 7) is 1.67. The number of anilines is 1. The minimum absolute atomic E-state index is 0.0724. The molecule has 1 amide bonds. The van der Waals surface area contributed by atoms with Gasteiger partial charge >= 0.3 is 0 Å². The Labute approximate surface area is 172 Å². The van der Waals surface area contributed by atoms with E-state index in [0.29, 0.717) is 21.3 Å². The van der Waals surface area contributed by atoms with Gasteiger partial charge in [0, 0.05) is 26.2 Å². The summed E-state index contributed by atoms with van der Waals surface area (Å²) in [5.74, 6) is -0.170. The van der Waals surface area contributed by atoms with Crippen LogP contribution in [-0.4, -0.2) is 41.0 Å². The number of likely N-dealkylation sites (N-methyl/N-ethyl adjacent to an activating group) is 1. The van der Waals surface area contributed by atoms with Gasteiger partial charge in [-0.05, 0) is 54.4 Å². The minimum Gasteiger partial charge on any atom is -0.366 e. The van der Waals surface area contributed by atoms with Crippen LogP contribution in [0.2, 0.25) is 0 Å². The third kappa shape index (κ3) is 4.02. The zero-order valence-corrected chi connectivity index (χ0v) is 16.8. The molecule has 7 nitrogen and oxygen atoms in total. The average Bonchev–Trinajstić information content (AvgIpc) is 3.34. The molecule has 0 spiro atoms. The van der Waals surface area contributed by atoms with E-state index in [0.717, 1.165) is 31.6 Å². The van der Waals surface area contributed by atoms with Gasteiger partial charge in [-0.3, -0.25) is 19.8 Å². The number of benzene rings is 2. The van der Waals surface area contributed by atoms with E-state index < -0.39 is 0 Å². The number of carbonyl (C=O) groups excluding carboxylic acids is 1. The summed E-state index contributed by atoms with van der Waals surface area (Å²) in [5, 5.41) is 12.2. The van der Waals surface area contributed by atoms with Crippen LogP contribution in [-0.2, 0) is 4.79 Å². The first-order valence-electron chi connectivity index (χ1n) is 9.37. The predicted molar refractivity (Wildman–Crippen MR) is 116 cm³/mol. The topological polar surface area (TPSA) is 79.0 Å². The highest BCUT2D eigenvalue weighted by atomic mass is 32.2. The summed E-state index contributed by atoms with van der Waals surface area (Å²) in [6.07, 6.45) is 3.78. The highest BCUT2D eigenvalue weighted by Gasteiger charge is 2.31. The number of rotatable bonds is 4. The Kier molecular flexibility index (Phi) is 5.35. The van der Waals surface area contributed by atoms with Gasteiger partial charge in [-0.25, -0.2) is 4.99 Å². The summed E-state index contributed by atoms with van der Waals surface area (Å²) >= 11 is 1.27. The van der Waals surface area contributed by atoms with Crippen molar-refractivity contribution in [2.24, 2.45) is 4.99 Å². The van der Waals surface area contributed by atoms with Crippen LogP contribution in [0, 0.1) is 10.1 Å². The highest BCUT2D eigenvalue weighted by Crippen LogP contribution is 2.36. The number of carbonyl (C=O) groups is 1. The van der Waals surface area contributed by atoms with Crippen molar-refractivity contribution < 1.29 is 9.72 Å². The molecule has 2 aromatic carbocycles. The molecule has 29 heavy (non-hydrogen) atoms. The monoisotopic (exact) mass is 408 g/mol. The van der Waals surface area contributed by atoms with E-state index >= 15 is 0 Å². The van der Waals surface area contributed by atoms with Gasteiger partial charge in [0.25, 0.3) is 11.6 Å². The molecule has 2 aliphatic heterocycles. The van der Waals surface area contributed by atoms with Crippen LogP contribution in [0.25, 0.3) is 6.08 Å². The number of amidine groups is 1. The Morgan fingerprint density at radius 2 is 1.86 bits per heavy atom. The molecule has 0 bridgehead atoms. The number of hydrogen-bond donors (Lipinski definition) is 0. The molecular formula is C21H20N4O3S. The predicted octanol–water partition coefficient (Wildman–Crippen LogP) is 4.43. The molecule has 0 atom stereocenters.